The number of hydrogen-bond acceptors (Lipinski definition) is 6. The van der Waals surface area contributed by atoms with Gasteiger partial charge in [-0.2, -0.15) is 11.8 Å². The number of hydrogen-bond donors (Lipinski definition) is 0. The molecule has 0 saturated heterocycles. The van der Waals surface area contributed by atoms with Crippen LogP contribution in [0.15, 0.2) is 34.0 Å². The van der Waals surface area contributed by atoms with Gasteiger partial charge in [0.15, 0.2) is 0 Å². The van der Waals surface area contributed by atoms with Crippen molar-refractivity contribution in [2.75, 3.05) is 6.26 Å². The highest BCUT2D eigenvalue weighted by Gasteiger charge is 2.06. The van der Waals surface area contributed by atoms with Gasteiger partial charge in [-0.05, 0) is 18.4 Å². The van der Waals surface area contributed by atoms with Gasteiger partial charge in [0.1, 0.15) is 0 Å². The summed E-state index contributed by atoms with van der Waals surface area (Å²) in [7, 11) is 0. The molecule has 0 aliphatic carbocycles. The molecule has 2 aromatic heterocycles. The molecular weight excluding hydrogens is 242 g/mol. The Kier molecular flexibility index (Phi) is 4.24. The molecule has 0 unspecified atom stereocenters. The molecule has 0 saturated carbocycles. The summed E-state index contributed by atoms with van der Waals surface area (Å²) in [6.45, 7) is 0. The lowest BCUT2D eigenvalue weighted by Crippen LogP contribution is -1.84. The Bertz CT molecular complexity index is 433. The van der Waals surface area contributed by atoms with Crippen LogP contribution < -0.4 is 0 Å². The summed E-state index contributed by atoms with van der Waals surface area (Å²) in [5.41, 5.74) is 1.01. The molecule has 2 heterocycles. The molecule has 2 rings (SSSR count). The predicted molar refractivity (Wildman–Crippen MR) is 65.3 cm³/mol. The van der Waals surface area contributed by atoms with E-state index >= 15 is 0 Å². The Labute approximate surface area is 102 Å². The molecule has 0 fully saturated rings. The fourth-order valence-electron chi connectivity index (χ4n) is 1.10. The third-order valence-electron chi connectivity index (χ3n) is 1.79. The maximum Gasteiger partial charge on any atom is 0.276 e. The van der Waals surface area contributed by atoms with Gasteiger partial charge in [0, 0.05) is 11.9 Å². The minimum Gasteiger partial charge on any atom is -0.415 e. The fourth-order valence-corrected chi connectivity index (χ4v) is 2.16. The molecule has 0 amide bonds. The molecule has 0 radical (unpaired) electrons. The van der Waals surface area contributed by atoms with Crippen LogP contribution in [-0.2, 0) is 11.5 Å². The first-order valence-electron chi connectivity index (χ1n) is 4.72. The molecule has 6 heteroatoms. The van der Waals surface area contributed by atoms with Crippen LogP contribution in [0.4, 0.5) is 0 Å². The highest BCUT2D eigenvalue weighted by atomic mass is 32.2. The number of thioether (sulfide) groups is 2. The molecule has 84 valence electrons. The van der Waals surface area contributed by atoms with Crippen molar-refractivity contribution in [2.45, 2.75) is 16.7 Å². The molecule has 0 aromatic carbocycles. The topological polar surface area (TPSA) is 51.8 Å². The number of aromatic nitrogens is 3. The van der Waals surface area contributed by atoms with Gasteiger partial charge >= 0.3 is 0 Å². The molecule has 4 nitrogen and oxygen atoms in total. The van der Waals surface area contributed by atoms with Gasteiger partial charge in [-0.3, -0.25) is 4.98 Å². The summed E-state index contributed by atoms with van der Waals surface area (Å²) < 4.78 is 5.44. The quantitative estimate of drug-likeness (QED) is 0.763. The van der Waals surface area contributed by atoms with Crippen molar-refractivity contribution in [2.24, 2.45) is 0 Å². The molecule has 16 heavy (non-hydrogen) atoms. The van der Waals surface area contributed by atoms with Crippen LogP contribution in [0, 0.1) is 0 Å². The van der Waals surface area contributed by atoms with E-state index in [2.05, 4.69) is 15.2 Å². The monoisotopic (exact) mass is 253 g/mol. The Hall–Kier alpha value is -1.01. The van der Waals surface area contributed by atoms with E-state index in [-0.39, 0.29) is 0 Å². The van der Waals surface area contributed by atoms with Crippen molar-refractivity contribution >= 4 is 23.5 Å². The maximum atomic E-state index is 5.44. The molecule has 0 bridgehead atoms. The van der Waals surface area contributed by atoms with Crippen LogP contribution in [0.1, 0.15) is 11.6 Å². The summed E-state index contributed by atoms with van der Waals surface area (Å²) >= 11 is 3.17. The first-order valence-corrected chi connectivity index (χ1v) is 7.10. The summed E-state index contributed by atoms with van der Waals surface area (Å²) in [5.74, 6) is 2.19. The van der Waals surface area contributed by atoms with E-state index in [0.717, 1.165) is 17.2 Å². The average molecular weight is 253 g/mol. The Balaban J connectivity index is 1.89. The second-order valence-electron chi connectivity index (χ2n) is 3.00. The maximum absolute atomic E-state index is 5.44. The number of nitrogens with zero attached hydrogens (tertiary/aromatic N) is 3. The second-order valence-corrected chi connectivity index (χ2v) is 4.80. The largest absolute Gasteiger partial charge is 0.415 e. The third-order valence-corrected chi connectivity index (χ3v) is 3.17. The summed E-state index contributed by atoms with van der Waals surface area (Å²) in [6.07, 6.45) is 3.79. The Morgan fingerprint density at radius 1 is 1.25 bits per heavy atom. The lowest BCUT2D eigenvalue weighted by molar-refractivity contribution is 0.426. The molecule has 0 atom stereocenters. The van der Waals surface area contributed by atoms with Crippen molar-refractivity contribution in [3.8, 4) is 0 Å². The van der Waals surface area contributed by atoms with Gasteiger partial charge in [-0.15, -0.1) is 10.2 Å². The molecule has 0 N–H and O–H groups in total. The van der Waals surface area contributed by atoms with Gasteiger partial charge in [0.2, 0.25) is 5.89 Å². The number of pyridine rings is 1. The van der Waals surface area contributed by atoms with Crippen LogP contribution in [0.5, 0.6) is 0 Å². The predicted octanol–water partition coefficient (Wildman–Crippen LogP) is 2.62. The van der Waals surface area contributed by atoms with Crippen molar-refractivity contribution in [3.63, 3.8) is 0 Å². The van der Waals surface area contributed by atoms with Crippen LogP contribution in [0.25, 0.3) is 0 Å². The van der Waals surface area contributed by atoms with Crippen molar-refractivity contribution < 1.29 is 4.42 Å². The summed E-state index contributed by atoms with van der Waals surface area (Å²) in [4.78, 5) is 4.22. The summed E-state index contributed by atoms with van der Waals surface area (Å²) in [6, 6.07) is 5.85. The molecule has 0 spiro atoms. The Morgan fingerprint density at radius 3 is 2.94 bits per heavy atom. The average Bonchev–Trinajstić information content (AvgIpc) is 2.76. The first kappa shape index (κ1) is 11.5. The van der Waals surface area contributed by atoms with E-state index in [4.69, 9.17) is 4.42 Å². The third kappa shape index (κ3) is 3.24. The van der Waals surface area contributed by atoms with Gasteiger partial charge in [-0.25, -0.2) is 0 Å². The molecule has 2 aromatic rings. The minimum absolute atomic E-state index is 0.606. The first-order chi connectivity index (χ1) is 7.88. The zero-order valence-electron chi connectivity index (χ0n) is 8.79. The van der Waals surface area contributed by atoms with E-state index in [1.165, 1.54) is 11.8 Å². The smallest absolute Gasteiger partial charge is 0.276 e. The van der Waals surface area contributed by atoms with Crippen molar-refractivity contribution in [3.05, 3.63) is 36.0 Å². The van der Waals surface area contributed by atoms with E-state index < -0.39 is 0 Å². The molecular formula is C10H11N3OS2. The van der Waals surface area contributed by atoms with E-state index in [1.807, 2.05) is 24.5 Å². The van der Waals surface area contributed by atoms with Crippen LogP contribution in [0.2, 0.25) is 0 Å². The van der Waals surface area contributed by atoms with E-state index in [9.17, 15) is 0 Å². The summed E-state index contributed by atoms with van der Waals surface area (Å²) in [5, 5.41) is 8.50. The van der Waals surface area contributed by atoms with Gasteiger partial charge in [0.05, 0.1) is 11.4 Å². The zero-order valence-corrected chi connectivity index (χ0v) is 10.4. The number of rotatable bonds is 5. The van der Waals surface area contributed by atoms with Gasteiger partial charge < -0.3 is 4.42 Å². The Morgan fingerprint density at radius 2 is 2.19 bits per heavy atom. The van der Waals surface area contributed by atoms with Crippen LogP contribution in [0.3, 0.4) is 0 Å². The second kappa shape index (κ2) is 5.91. The lowest BCUT2D eigenvalue weighted by Gasteiger charge is -1.95. The van der Waals surface area contributed by atoms with E-state index in [0.29, 0.717) is 11.1 Å². The van der Waals surface area contributed by atoms with Gasteiger partial charge in [-0.1, -0.05) is 17.8 Å². The standard InChI is InChI=1S/C10H11N3OS2/c1-15-7-9-12-13-10(14-9)16-6-8-4-2-3-5-11-8/h2-5H,6-7H2,1H3. The molecule has 0 aliphatic rings. The van der Waals surface area contributed by atoms with Crippen LogP contribution in [-0.4, -0.2) is 21.4 Å². The van der Waals surface area contributed by atoms with E-state index in [1.54, 1.807) is 18.0 Å². The highest BCUT2D eigenvalue weighted by molar-refractivity contribution is 7.98. The van der Waals surface area contributed by atoms with Crippen LogP contribution >= 0.6 is 23.5 Å². The normalized spacial score (nSPS) is 10.6. The fraction of sp³-hybridized carbons (Fsp3) is 0.300. The highest BCUT2D eigenvalue weighted by Crippen LogP contribution is 2.21. The zero-order chi connectivity index (χ0) is 11.2. The SMILES string of the molecule is CSCc1nnc(SCc2ccccn2)o1. The van der Waals surface area contributed by atoms with Crippen molar-refractivity contribution in [1.82, 2.24) is 15.2 Å². The van der Waals surface area contributed by atoms with Gasteiger partial charge in [0.25, 0.3) is 5.22 Å². The minimum atomic E-state index is 0.606. The molecule has 0 aliphatic heterocycles. The van der Waals surface area contributed by atoms with Crippen molar-refractivity contribution in [1.29, 1.82) is 0 Å². The lowest BCUT2D eigenvalue weighted by atomic mass is 10.4.